The zero-order valence-corrected chi connectivity index (χ0v) is 20.1. The molecule has 7 nitrogen and oxygen atoms in total. The summed E-state index contributed by atoms with van der Waals surface area (Å²) < 4.78 is 10.7. The van der Waals surface area contributed by atoms with Crippen molar-refractivity contribution in [3.63, 3.8) is 0 Å². The number of carbonyl (C=O) groups excluding carboxylic acids is 2. The van der Waals surface area contributed by atoms with E-state index in [1.165, 1.54) is 5.56 Å². The number of benzene rings is 2. The van der Waals surface area contributed by atoms with Crippen molar-refractivity contribution in [3.8, 4) is 5.75 Å². The predicted octanol–water partition coefficient (Wildman–Crippen LogP) is 2.91. The highest BCUT2D eigenvalue weighted by atomic mass is 16.5. The molecule has 34 heavy (non-hydrogen) atoms. The summed E-state index contributed by atoms with van der Waals surface area (Å²) in [5, 5.41) is 6.44. The lowest BCUT2D eigenvalue weighted by molar-refractivity contribution is 0.0383. The Labute approximate surface area is 201 Å². The molecule has 0 spiro atoms. The molecule has 1 fully saturated rings. The largest absolute Gasteiger partial charge is 0.497 e. The van der Waals surface area contributed by atoms with E-state index in [0.717, 1.165) is 56.3 Å². The number of allylic oxidation sites excluding steroid dienone is 1. The van der Waals surface area contributed by atoms with Crippen molar-refractivity contribution in [1.29, 1.82) is 0 Å². The smallest absolute Gasteiger partial charge is 0.251 e. The van der Waals surface area contributed by atoms with Gasteiger partial charge in [0.05, 0.1) is 20.3 Å². The van der Waals surface area contributed by atoms with Crippen LogP contribution in [0.3, 0.4) is 0 Å². The molecule has 4 rings (SSSR count). The van der Waals surface area contributed by atoms with Gasteiger partial charge in [-0.15, -0.1) is 0 Å². The molecule has 0 aliphatic carbocycles. The van der Waals surface area contributed by atoms with Gasteiger partial charge < -0.3 is 20.1 Å². The minimum Gasteiger partial charge on any atom is -0.497 e. The van der Waals surface area contributed by atoms with Crippen LogP contribution in [0, 0.1) is 0 Å². The zero-order chi connectivity index (χ0) is 24.1. The van der Waals surface area contributed by atoms with Crippen LogP contribution in [0.15, 0.2) is 48.5 Å². The number of methoxy groups -OCH3 is 1. The molecule has 2 aromatic carbocycles. The highest BCUT2D eigenvalue weighted by Gasteiger charge is 2.28. The lowest BCUT2D eigenvalue weighted by Gasteiger charge is -2.35. The summed E-state index contributed by atoms with van der Waals surface area (Å²) in [4.78, 5) is 27.8. The Bertz CT molecular complexity index is 1070. The minimum absolute atomic E-state index is 0.117. The van der Waals surface area contributed by atoms with E-state index in [9.17, 15) is 9.59 Å². The summed E-state index contributed by atoms with van der Waals surface area (Å²) in [5.41, 5.74) is 3.83. The molecule has 2 heterocycles. The highest BCUT2D eigenvalue weighted by molar-refractivity contribution is 6.09. The first-order chi connectivity index (χ1) is 16.3. The van der Waals surface area contributed by atoms with E-state index >= 15 is 0 Å². The van der Waals surface area contributed by atoms with Crippen molar-refractivity contribution in [1.82, 2.24) is 15.5 Å². The number of rotatable bonds is 7. The number of ketones is 1. The molecule has 1 saturated heterocycles. The van der Waals surface area contributed by atoms with E-state index < -0.39 is 0 Å². The van der Waals surface area contributed by atoms with Crippen molar-refractivity contribution in [2.75, 3.05) is 46.5 Å². The van der Waals surface area contributed by atoms with Crippen molar-refractivity contribution >= 4 is 17.4 Å². The fraction of sp³-hybridized carbons (Fsp3) is 0.407. The Morgan fingerprint density at radius 2 is 1.82 bits per heavy atom. The molecule has 7 heteroatoms. The molecule has 0 saturated carbocycles. The number of hydrogen-bond acceptors (Lipinski definition) is 6. The maximum absolute atomic E-state index is 13.1. The van der Waals surface area contributed by atoms with Gasteiger partial charge in [-0.05, 0) is 50.1 Å². The van der Waals surface area contributed by atoms with Crippen LogP contribution >= 0.6 is 0 Å². The predicted molar refractivity (Wildman–Crippen MR) is 132 cm³/mol. The van der Waals surface area contributed by atoms with Crippen LogP contribution in [0.25, 0.3) is 5.70 Å². The molecule has 1 amide bonds. The summed E-state index contributed by atoms with van der Waals surface area (Å²) in [7, 11) is 1.64. The van der Waals surface area contributed by atoms with Crippen LogP contribution in [0.1, 0.15) is 45.7 Å². The molecule has 180 valence electrons. The highest BCUT2D eigenvalue weighted by Crippen LogP contribution is 2.32. The van der Waals surface area contributed by atoms with E-state index in [2.05, 4.69) is 35.4 Å². The third-order valence-corrected chi connectivity index (χ3v) is 6.24. The zero-order valence-electron chi connectivity index (χ0n) is 20.1. The number of nitrogens with one attached hydrogen (secondary N) is 2. The molecule has 2 aromatic rings. The third-order valence-electron chi connectivity index (χ3n) is 6.24. The maximum atomic E-state index is 13.1. The van der Waals surface area contributed by atoms with Crippen molar-refractivity contribution in [2.45, 2.75) is 25.8 Å². The van der Waals surface area contributed by atoms with Crippen LogP contribution in [0.5, 0.6) is 5.75 Å². The van der Waals surface area contributed by atoms with Gasteiger partial charge in [0, 0.05) is 60.2 Å². The topological polar surface area (TPSA) is 79.9 Å². The molecular formula is C27H33N3O4. The molecule has 2 aliphatic heterocycles. The second-order valence-electron chi connectivity index (χ2n) is 9.42. The lowest BCUT2D eigenvalue weighted by Crippen LogP contribution is -2.43. The first-order valence-corrected chi connectivity index (χ1v) is 11.7. The molecular weight excluding hydrogens is 430 g/mol. The quantitative estimate of drug-likeness (QED) is 0.486. The normalized spacial score (nSPS) is 18.6. The average molecular weight is 464 g/mol. The Balaban J connectivity index is 1.43. The molecule has 0 radical (unpaired) electrons. The fourth-order valence-electron chi connectivity index (χ4n) is 4.41. The Kier molecular flexibility index (Phi) is 7.34. The SMILES string of the molecule is COc1ccc2c(c1)C(=CC(=O)c1ccc(C(=O)NCCN3CCOCC3)cc1)NC(C)(C)C2. The first-order valence-electron chi connectivity index (χ1n) is 11.7. The van der Waals surface area contributed by atoms with Crippen LogP contribution in [0.4, 0.5) is 0 Å². The van der Waals surface area contributed by atoms with Gasteiger partial charge in [-0.3, -0.25) is 14.5 Å². The van der Waals surface area contributed by atoms with Crippen molar-refractivity contribution < 1.29 is 19.1 Å². The monoisotopic (exact) mass is 463 g/mol. The number of fused-ring (bicyclic) bond motifs is 1. The second-order valence-corrected chi connectivity index (χ2v) is 9.42. The molecule has 2 aliphatic rings. The molecule has 2 N–H and O–H groups in total. The Hall–Kier alpha value is -3.16. The van der Waals surface area contributed by atoms with Crippen LogP contribution in [-0.2, 0) is 11.2 Å². The van der Waals surface area contributed by atoms with Crippen molar-refractivity contribution in [3.05, 3.63) is 70.8 Å². The minimum atomic E-state index is -0.170. The molecule has 0 atom stereocenters. The third kappa shape index (κ3) is 5.85. The fourth-order valence-corrected chi connectivity index (χ4v) is 4.41. The van der Waals surface area contributed by atoms with Gasteiger partial charge in [0.2, 0.25) is 0 Å². The van der Waals surface area contributed by atoms with E-state index in [-0.39, 0.29) is 17.2 Å². The van der Waals surface area contributed by atoms with Gasteiger partial charge in [0.1, 0.15) is 5.75 Å². The number of hydrogen-bond donors (Lipinski definition) is 2. The summed E-state index contributed by atoms with van der Waals surface area (Å²) in [6.45, 7) is 8.88. The van der Waals surface area contributed by atoms with E-state index in [4.69, 9.17) is 9.47 Å². The van der Waals surface area contributed by atoms with E-state index in [1.54, 1.807) is 37.5 Å². The maximum Gasteiger partial charge on any atom is 0.251 e. The van der Waals surface area contributed by atoms with Crippen LogP contribution < -0.4 is 15.4 Å². The second kappa shape index (κ2) is 10.4. The summed E-state index contributed by atoms with van der Waals surface area (Å²) >= 11 is 0. The van der Waals surface area contributed by atoms with Gasteiger partial charge in [-0.25, -0.2) is 0 Å². The first kappa shape index (κ1) is 24.0. The van der Waals surface area contributed by atoms with Gasteiger partial charge in [0.15, 0.2) is 5.78 Å². The molecule has 0 bridgehead atoms. The summed E-state index contributed by atoms with van der Waals surface area (Å²) in [5.74, 6) is 0.498. The van der Waals surface area contributed by atoms with E-state index in [0.29, 0.717) is 17.7 Å². The number of ether oxygens (including phenoxy) is 2. The van der Waals surface area contributed by atoms with Crippen molar-refractivity contribution in [2.24, 2.45) is 0 Å². The number of nitrogens with zero attached hydrogens (tertiary/aromatic N) is 1. The van der Waals surface area contributed by atoms with Crippen LogP contribution in [0.2, 0.25) is 0 Å². The molecule has 0 aromatic heterocycles. The number of amides is 1. The summed E-state index contributed by atoms with van der Waals surface area (Å²) in [6, 6.07) is 12.8. The average Bonchev–Trinajstić information content (AvgIpc) is 2.84. The van der Waals surface area contributed by atoms with Gasteiger partial charge >= 0.3 is 0 Å². The van der Waals surface area contributed by atoms with Gasteiger partial charge in [-0.1, -0.05) is 18.2 Å². The number of morpholine rings is 1. The summed E-state index contributed by atoms with van der Waals surface area (Å²) in [6.07, 6.45) is 2.49. The number of carbonyl (C=O) groups is 2. The Morgan fingerprint density at radius 3 is 2.53 bits per heavy atom. The van der Waals surface area contributed by atoms with Gasteiger partial charge in [-0.2, -0.15) is 0 Å². The Morgan fingerprint density at radius 1 is 1.12 bits per heavy atom. The lowest BCUT2D eigenvalue weighted by atomic mass is 9.85. The van der Waals surface area contributed by atoms with E-state index in [1.807, 2.05) is 12.1 Å². The van der Waals surface area contributed by atoms with Crippen LogP contribution in [-0.4, -0.2) is 68.6 Å². The standard InChI is InChI=1S/C27H33N3O4/c1-27(2)18-21-8-9-22(33-3)16-23(21)24(29-27)17-25(31)19-4-6-20(7-5-19)26(32)28-10-11-30-12-14-34-15-13-30/h4-9,16-17,29H,10-15,18H2,1-3H3,(H,28,32). The molecule has 0 unspecified atom stereocenters. The van der Waals surface area contributed by atoms with Gasteiger partial charge in [0.25, 0.3) is 5.91 Å².